The number of rotatable bonds is 30. The molecule has 1 saturated carbocycles. The van der Waals surface area contributed by atoms with Gasteiger partial charge in [-0.3, -0.25) is 28.6 Å². The Hall–Kier alpha value is -4.18. The van der Waals surface area contributed by atoms with E-state index in [2.05, 4.69) is 39.8 Å². The predicted octanol–water partition coefficient (Wildman–Crippen LogP) is 2.68. The fourth-order valence-corrected chi connectivity index (χ4v) is 17.2. The molecule has 21 atom stereocenters. The normalized spacial score (nSPS) is 32.0. The number of carbonyl (C=O) groups excluding carboxylic acids is 5. The van der Waals surface area contributed by atoms with Crippen LogP contribution in [0.5, 0.6) is 17.2 Å². The molecular weight excluding hydrogens is 1550 g/mol. The minimum atomic E-state index is -4.32. The molecule has 5 fully saturated rings. The first-order chi connectivity index (χ1) is 48.6. The van der Waals surface area contributed by atoms with Gasteiger partial charge in [0.1, 0.15) is 42.7 Å². The molecule has 19 unspecified atom stereocenters. The highest BCUT2D eigenvalue weighted by Crippen LogP contribution is 2.50. The third kappa shape index (κ3) is 22.5. The molecule has 103 heavy (non-hydrogen) atoms. The summed E-state index contributed by atoms with van der Waals surface area (Å²) in [6.07, 6.45) is -15.8. The lowest BCUT2D eigenvalue weighted by atomic mass is 9.64. The molecule has 5 aliphatic rings. The molecule has 3 amide bonds. The van der Waals surface area contributed by atoms with E-state index in [1.807, 2.05) is 22.6 Å². The lowest BCUT2D eigenvalue weighted by molar-refractivity contribution is -0.340. The van der Waals surface area contributed by atoms with Crippen molar-refractivity contribution < 1.29 is 124 Å². The highest BCUT2D eigenvalue weighted by Gasteiger charge is 2.56. The molecule has 4 heterocycles. The SMILES string of the molecule is CC#C/C=C\C#C[C@H](OC1OC(C)C(NOC2CC(O)C(SC(=O)c3c(C)c(I)c(OC4OC(C)C(O)C(OC)C4O)c(OC)c3OC)C(C)O2)C(O)C1OC1CC(OC)C(N(CC)C(=O)CN)CO1)C1/C(=C\CSSC(C)(C)CC(=O)NCCS(=O)(=O)O)[C@](O)(C(C)C)CC(=O)C1NC(=O)OC. The number of nitrogens with two attached hydrogens (primary N) is 1. The van der Waals surface area contributed by atoms with Crippen molar-refractivity contribution in [2.75, 3.05) is 73.3 Å². The summed E-state index contributed by atoms with van der Waals surface area (Å²) in [6, 6.07) is -3.33. The molecule has 1 aliphatic carbocycles. The van der Waals surface area contributed by atoms with Crippen LogP contribution in [0.2, 0.25) is 0 Å². The molecular formula is C67H100IN5O26S4. The molecule has 1 aromatic rings. The standard InChI is InChI=1S/C67H100IN5O26S4/c1-16-18-19-20-21-22-42(49-38(67(83,33(3)4)29-41(75)52(49)71-65(82)91-15)23-25-100-102-66(9,10)30-44(76)70-24-26-103(84,85)86)96-64-59(97-46-28-43(87-11)39(32-92-46)73(17-2)45(77)31-69)54(79)51(35(6)94-64)72-99-47-27-40(74)61(37(8)93-47)101-62(81)48-34(5)50(68)57(60(90-14)56(48)88-12)98-63-55(80)58(89-13)53(78)36(7)95-63/h19-20,23,33,35-37,39-40,42-43,46-47,49,51-55,58-59,61,63-64,72,74,78-80,83H,17,24-32,69H2,1-15H3,(H,70,76)(H,71,82)(H,84,85,86)/b20-19-,38-23+/t35?,36?,37?,39?,40?,42-,43?,46?,47?,49?,51?,52?,53?,54?,55?,58?,59?,61?,63?,64?,67+/m0/s1. The summed E-state index contributed by atoms with van der Waals surface area (Å²) in [5.74, 6) is 7.60. The molecule has 11 N–H and O–H groups in total. The number of ether oxygens (including phenoxy) is 12. The van der Waals surface area contributed by atoms with Gasteiger partial charge in [0.2, 0.25) is 29.0 Å². The van der Waals surface area contributed by atoms with Gasteiger partial charge in [-0.05, 0) is 107 Å². The number of alkyl carbamates (subject to hydrolysis) is 1. The fourth-order valence-electron chi connectivity index (χ4n) is 12.7. The van der Waals surface area contributed by atoms with Crippen LogP contribution in [0.4, 0.5) is 4.79 Å². The summed E-state index contributed by atoms with van der Waals surface area (Å²) >= 11 is 2.76. The second-order valence-corrected chi connectivity index (χ2v) is 32.8. The minimum Gasteiger partial charge on any atom is -0.492 e. The van der Waals surface area contributed by atoms with Gasteiger partial charge < -0.3 is 104 Å². The van der Waals surface area contributed by atoms with E-state index >= 15 is 0 Å². The summed E-state index contributed by atoms with van der Waals surface area (Å²) in [5.41, 5.74) is 7.48. The van der Waals surface area contributed by atoms with E-state index in [1.165, 1.54) is 67.1 Å². The molecule has 0 aromatic heterocycles. The monoisotopic (exact) mass is 1650 g/mol. The number of aliphatic hydroxyl groups is 5. The fraction of sp³-hybridized carbons (Fsp3) is 0.716. The Labute approximate surface area is 627 Å². The Morgan fingerprint density at radius 3 is 2.18 bits per heavy atom. The molecule has 36 heteroatoms. The van der Waals surface area contributed by atoms with Crippen LogP contribution in [0.25, 0.3) is 0 Å². The van der Waals surface area contributed by atoms with Crippen molar-refractivity contribution in [1.82, 2.24) is 21.0 Å². The van der Waals surface area contributed by atoms with E-state index in [-0.39, 0.29) is 85.5 Å². The van der Waals surface area contributed by atoms with Crippen molar-refractivity contribution >= 4 is 94.9 Å². The molecule has 31 nitrogen and oxygen atoms in total. The van der Waals surface area contributed by atoms with Gasteiger partial charge in [0, 0.05) is 69.4 Å². The predicted molar refractivity (Wildman–Crippen MR) is 388 cm³/mol. The first kappa shape index (κ1) is 87.7. The maximum absolute atomic E-state index is 14.7. The van der Waals surface area contributed by atoms with Crippen molar-refractivity contribution in [3.63, 3.8) is 0 Å². The number of thioether (sulfide) groups is 1. The van der Waals surface area contributed by atoms with Gasteiger partial charge in [-0.15, -0.1) is 5.92 Å². The Balaban J connectivity index is 1.32. The summed E-state index contributed by atoms with van der Waals surface area (Å²) in [4.78, 5) is 76.4. The minimum absolute atomic E-state index is 0.000229. The summed E-state index contributed by atoms with van der Waals surface area (Å²) in [6.45, 7) is 16.5. The maximum atomic E-state index is 14.7. The van der Waals surface area contributed by atoms with Crippen LogP contribution in [0.15, 0.2) is 23.8 Å². The van der Waals surface area contributed by atoms with Crippen molar-refractivity contribution in [3.8, 4) is 40.9 Å². The average molecular weight is 1650 g/mol. The number of nitrogens with zero attached hydrogens (tertiary/aromatic N) is 1. The number of hydrogen-bond acceptors (Lipinski definition) is 30. The average Bonchev–Trinajstić information content (AvgIpc) is 0.752. The first-order valence-corrected chi connectivity index (χ1v) is 39.3. The van der Waals surface area contributed by atoms with Crippen LogP contribution in [0.1, 0.15) is 104 Å². The molecule has 0 bridgehead atoms. The highest BCUT2D eigenvalue weighted by molar-refractivity contribution is 14.1. The van der Waals surface area contributed by atoms with E-state index in [1.54, 1.807) is 75.3 Å². The highest BCUT2D eigenvalue weighted by atomic mass is 127. The van der Waals surface area contributed by atoms with E-state index in [0.717, 1.165) is 18.9 Å². The molecule has 0 spiro atoms. The molecule has 580 valence electrons. The summed E-state index contributed by atoms with van der Waals surface area (Å²) in [5, 5.41) is 63.1. The topological polar surface area (TPSA) is 426 Å². The van der Waals surface area contributed by atoms with Gasteiger partial charge in [-0.25, -0.2) is 4.79 Å². The van der Waals surface area contributed by atoms with Gasteiger partial charge in [-0.2, -0.15) is 13.9 Å². The Bertz CT molecular complexity index is 3380. The smallest absolute Gasteiger partial charge is 0.407 e. The molecule has 1 aromatic carbocycles. The Morgan fingerprint density at radius 1 is 0.903 bits per heavy atom. The number of ketones is 1. The van der Waals surface area contributed by atoms with Gasteiger partial charge >= 0.3 is 6.09 Å². The van der Waals surface area contributed by atoms with Crippen LogP contribution in [-0.2, 0) is 72.0 Å². The van der Waals surface area contributed by atoms with E-state index in [0.29, 0.717) is 9.13 Å². The Kier molecular flexibility index (Phi) is 33.9. The number of hydroxylamine groups is 1. The zero-order chi connectivity index (χ0) is 76.6. The quantitative estimate of drug-likeness (QED) is 0.0101. The second kappa shape index (κ2) is 39.8. The van der Waals surface area contributed by atoms with Crippen molar-refractivity contribution in [3.05, 3.63) is 38.5 Å². The third-order valence-electron chi connectivity index (χ3n) is 18.2. The maximum Gasteiger partial charge on any atom is 0.407 e. The molecule has 4 aliphatic heterocycles. The summed E-state index contributed by atoms with van der Waals surface area (Å²) < 4.78 is 104. The largest absolute Gasteiger partial charge is 0.492 e. The number of methoxy groups -OCH3 is 5. The number of carbonyl (C=O) groups is 5. The molecule has 4 saturated heterocycles. The number of amides is 3. The van der Waals surface area contributed by atoms with Gasteiger partial charge in [-0.1, -0.05) is 71.0 Å². The number of benzene rings is 1. The number of allylic oxidation sites excluding steroid dienone is 2. The van der Waals surface area contributed by atoms with Gasteiger partial charge in [0.05, 0.1) is 103 Å². The molecule has 0 radical (unpaired) electrons. The summed E-state index contributed by atoms with van der Waals surface area (Å²) in [7, 11) is 4.85. The zero-order valence-electron chi connectivity index (χ0n) is 60.3. The van der Waals surface area contributed by atoms with Crippen LogP contribution in [0, 0.1) is 46.0 Å². The number of nitrogens with one attached hydrogen (secondary N) is 3. The van der Waals surface area contributed by atoms with Gasteiger partial charge in [0.15, 0.2) is 36.2 Å². The van der Waals surface area contributed by atoms with Crippen molar-refractivity contribution in [1.29, 1.82) is 0 Å². The van der Waals surface area contributed by atoms with Crippen molar-refractivity contribution in [2.24, 2.45) is 17.6 Å². The van der Waals surface area contributed by atoms with E-state index in [9.17, 15) is 57.9 Å². The third-order valence-corrected chi connectivity index (χ3v) is 24.8. The number of aliphatic hydroxyl groups excluding tert-OH is 4. The van der Waals surface area contributed by atoms with E-state index in [4.69, 9.17) is 72.0 Å². The molecule has 6 rings (SSSR count). The van der Waals surface area contributed by atoms with Crippen LogP contribution in [-0.4, -0.2) is 272 Å². The first-order valence-electron chi connectivity index (χ1n) is 33.4. The lowest BCUT2D eigenvalue weighted by Crippen LogP contribution is -2.66. The number of hydrogen-bond donors (Lipinski definition) is 10. The Morgan fingerprint density at radius 2 is 1.58 bits per heavy atom. The number of halogens is 1. The van der Waals surface area contributed by atoms with Gasteiger partial charge in [0.25, 0.3) is 10.1 Å². The zero-order valence-corrected chi connectivity index (χ0v) is 65.7. The van der Waals surface area contributed by atoms with Crippen LogP contribution < -0.4 is 36.1 Å². The van der Waals surface area contributed by atoms with E-state index < -0.39 is 183 Å². The van der Waals surface area contributed by atoms with Crippen LogP contribution >= 0.6 is 55.9 Å². The lowest BCUT2D eigenvalue weighted by Gasteiger charge is -2.49. The second-order valence-electron chi connectivity index (χ2n) is 26.0. The van der Waals surface area contributed by atoms with Crippen molar-refractivity contribution in [2.45, 2.75) is 221 Å². The number of likely N-dealkylation sites (N-methyl/N-ethyl adjacent to an activating group) is 1. The van der Waals surface area contributed by atoms with Crippen LogP contribution in [0.3, 0.4) is 0 Å². The number of Topliss-reactive ketones (excluding diaryl/α,β-unsaturated/α-hetero) is 1.